The molecule has 2 aromatic rings. The van der Waals surface area contributed by atoms with E-state index in [2.05, 4.69) is 5.32 Å². The van der Waals surface area contributed by atoms with Crippen LogP contribution in [-0.2, 0) is 4.79 Å². The number of anilines is 2. The second kappa shape index (κ2) is 8.39. The van der Waals surface area contributed by atoms with Gasteiger partial charge in [0.1, 0.15) is 0 Å². The van der Waals surface area contributed by atoms with Gasteiger partial charge in [0.05, 0.1) is 37.6 Å². The molecule has 0 aliphatic carbocycles. The zero-order chi connectivity index (χ0) is 20.3. The van der Waals surface area contributed by atoms with Crippen molar-refractivity contribution in [3.8, 4) is 17.2 Å². The Bertz CT molecular complexity index is 916. The van der Waals surface area contributed by atoms with Crippen LogP contribution in [0, 0.1) is 0 Å². The van der Waals surface area contributed by atoms with Crippen LogP contribution in [0.25, 0.3) is 0 Å². The molecular weight excluding hydrogens is 384 g/mol. The van der Waals surface area contributed by atoms with Gasteiger partial charge in [-0.1, -0.05) is 11.6 Å². The Hall–Kier alpha value is -2.93. The van der Waals surface area contributed by atoms with E-state index in [-0.39, 0.29) is 23.1 Å². The highest BCUT2D eigenvalue weighted by Crippen LogP contribution is 2.40. The van der Waals surface area contributed by atoms with Crippen molar-refractivity contribution in [3.63, 3.8) is 0 Å². The van der Waals surface area contributed by atoms with Crippen molar-refractivity contribution in [2.24, 2.45) is 0 Å². The Morgan fingerprint density at radius 1 is 1.07 bits per heavy atom. The SMILES string of the molecule is COc1ccc(C(=O)Nc2ccc(N3CCCC3=O)c(Cl)c2)c(OC)c1OC. The Labute approximate surface area is 168 Å². The molecule has 0 unspecified atom stereocenters. The molecule has 0 aromatic heterocycles. The molecule has 1 aliphatic heterocycles. The van der Waals surface area contributed by atoms with Crippen molar-refractivity contribution >= 4 is 34.8 Å². The molecule has 1 heterocycles. The summed E-state index contributed by atoms with van der Waals surface area (Å²) in [6, 6.07) is 8.28. The number of ether oxygens (including phenoxy) is 3. The standard InChI is InChI=1S/C20H21ClN2O5/c1-26-16-9-7-13(18(27-2)19(16)28-3)20(25)22-12-6-8-15(14(21)11-12)23-10-4-5-17(23)24/h6-9,11H,4-5,10H2,1-3H3,(H,22,25). The van der Waals surface area contributed by atoms with E-state index in [1.807, 2.05) is 0 Å². The molecule has 1 saturated heterocycles. The van der Waals surface area contributed by atoms with Crippen molar-refractivity contribution in [2.45, 2.75) is 12.8 Å². The smallest absolute Gasteiger partial charge is 0.259 e. The molecule has 0 radical (unpaired) electrons. The third-order valence-corrected chi connectivity index (χ3v) is 4.82. The second-order valence-electron chi connectivity index (χ2n) is 6.15. The molecule has 0 spiro atoms. The first-order valence-corrected chi connectivity index (χ1v) is 9.08. The molecule has 0 saturated carbocycles. The maximum Gasteiger partial charge on any atom is 0.259 e. The largest absolute Gasteiger partial charge is 0.493 e. The van der Waals surface area contributed by atoms with E-state index < -0.39 is 0 Å². The van der Waals surface area contributed by atoms with Gasteiger partial charge in [0.15, 0.2) is 11.5 Å². The lowest BCUT2D eigenvalue weighted by Gasteiger charge is -2.18. The quantitative estimate of drug-likeness (QED) is 0.793. The number of halogens is 1. The highest BCUT2D eigenvalue weighted by atomic mass is 35.5. The molecule has 1 fully saturated rings. The normalized spacial score (nSPS) is 13.4. The van der Waals surface area contributed by atoms with Gasteiger partial charge in [-0.25, -0.2) is 0 Å². The van der Waals surface area contributed by atoms with Crippen LogP contribution in [0.15, 0.2) is 30.3 Å². The monoisotopic (exact) mass is 404 g/mol. The molecule has 1 aliphatic rings. The minimum absolute atomic E-state index is 0.0498. The molecule has 2 aromatic carbocycles. The number of rotatable bonds is 6. The number of benzene rings is 2. The lowest BCUT2D eigenvalue weighted by molar-refractivity contribution is -0.117. The molecule has 3 rings (SSSR count). The Kier molecular flexibility index (Phi) is 5.94. The predicted octanol–water partition coefficient (Wildman–Crippen LogP) is 3.74. The molecule has 8 heteroatoms. The first-order valence-electron chi connectivity index (χ1n) is 8.70. The number of nitrogens with zero attached hydrogens (tertiary/aromatic N) is 1. The first kappa shape index (κ1) is 19.8. The van der Waals surface area contributed by atoms with Crippen molar-refractivity contribution in [1.82, 2.24) is 0 Å². The van der Waals surface area contributed by atoms with Gasteiger partial charge in [-0.05, 0) is 36.8 Å². The zero-order valence-electron chi connectivity index (χ0n) is 15.9. The fraction of sp³-hybridized carbons (Fsp3) is 0.300. The highest BCUT2D eigenvalue weighted by Gasteiger charge is 2.24. The topological polar surface area (TPSA) is 77.1 Å². The van der Waals surface area contributed by atoms with E-state index in [1.165, 1.54) is 21.3 Å². The van der Waals surface area contributed by atoms with Crippen LogP contribution in [0.5, 0.6) is 17.2 Å². The van der Waals surface area contributed by atoms with Crippen molar-refractivity contribution in [2.75, 3.05) is 38.1 Å². The van der Waals surface area contributed by atoms with Crippen LogP contribution in [0.1, 0.15) is 23.2 Å². The third kappa shape index (κ3) is 3.71. The molecule has 148 valence electrons. The number of hydrogen-bond donors (Lipinski definition) is 1. The van der Waals surface area contributed by atoms with E-state index in [0.29, 0.717) is 40.9 Å². The number of amides is 2. The number of carbonyl (C=O) groups is 2. The van der Waals surface area contributed by atoms with Crippen molar-refractivity contribution in [1.29, 1.82) is 0 Å². The van der Waals surface area contributed by atoms with Crippen LogP contribution < -0.4 is 24.4 Å². The lowest BCUT2D eigenvalue weighted by atomic mass is 10.1. The van der Waals surface area contributed by atoms with E-state index in [1.54, 1.807) is 35.2 Å². The van der Waals surface area contributed by atoms with E-state index >= 15 is 0 Å². The van der Waals surface area contributed by atoms with E-state index in [4.69, 9.17) is 25.8 Å². The third-order valence-electron chi connectivity index (χ3n) is 4.52. The molecular formula is C20H21ClN2O5. The molecule has 0 bridgehead atoms. The summed E-state index contributed by atoms with van der Waals surface area (Å²) in [5.41, 5.74) is 1.43. The minimum atomic E-state index is -0.390. The summed E-state index contributed by atoms with van der Waals surface area (Å²) in [5.74, 6) is 0.717. The number of nitrogens with one attached hydrogen (secondary N) is 1. The average molecular weight is 405 g/mol. The van der Waals surface area contributed by atoms with Gasteiger partial charge >= 0.3 is 0 Å². The van der Waals surface area contributed by atoms with Gasteiger partial charge < -0.3 is 24.4 Å². The maximum atomic E-state index is 12.8. The predicted molar refractivity (Wildman–Crippen MR) is 107 cm³/mol. The molecule has 1 N–H and O–H groups in total. The summed E-state index contributed by atoms with van der Waals surface area (Å²) in [6.07, 6.45) is 1.33. The Balaban J connectivity index is 1.85. The lowest BCUT2D eigenvalue weighted by Crippen LogP contribution is -2.24. The van der Waals surface area contributed by atoms with Crippen LogP contribution in [0.3, 0.4) is 0 Å². The summed E-state index contributed by atoms with van der Waals surface area (Å²) in [5, 5.41) is 3.18. The number of carbonyl (C=O) groups excluding carboxylic acids is 2. The van der Waals surface area contributed by atoms with Crippen LogP contribution >= 0.6 is 11.6 Å². The Morgan fingerprint density at radius 3 is 2.39 bits per heavy atom. The summed E-state index contributed by atoms with van der Waals surface area (Å²) < 4.78 is 15.9. The van der Waals surface area contributed by atoms with Gasteiger partial charge in [0, 0.05) is 18.7 Å². The number of hydrogen-bond acceptors (Lipinski definition) is 5. The summed E-state index contributed by atoms with van der Waals surface area (Å²) in [6.45, 7) is 0.646. The van der Waals surface area contributed by atoms with Gasteiger partial charge in [-0.2, -0.15) is 0 Å². The molecule has 7 nitrogen and oxygen atoms in total. The molecule has 28 heavy (non-hydrogen) atoms. The average Bonchev–Trinajstić information content (AvgIpc) is 3.12. The van der Waals surface area contributed by atoms with Gasteiger partial charge in [0.2, 0.25) is 11.7 Å². The second-order valence-corrected chi connectivity index (χ2v) is 6.56. The molecule has 0 atom stereocenters. The highest BCUT2D eigenvalue weighted by molar-refractivity contribution is 6.34. The zero-order valence-corrected chi connectivity index (χ0v) is 16.6. The van der Waals surface area contributed by atoms with Gasteiger partial charge in [-0.15, -0.1) is 0 Å². The summed E-state index contributed by atoms with van der Waals surface area (Å²) >= 11 is 6.34. The molecule has 2 amide bonds. The minimum Gasteiger partial charge on any atom is -0.493 e. The first-order chi connectivity index (χ1) is 13.5. The fourth-order valence-electron chi connectivity index (χ4n) is 3.18. The van der Waals surface area contributed by atoms with Crippen LogP contribution in [0.4, 0.5) is 11.4 Å². The summed E-state index contributed by atoms with van der Waals surface area (Å²) in [4.78, 5) is 26.3. The van der Waals surface area contributed by atoms with Gasteiger partial charge in [0.25, 0.3) is 5.91 Å². The van der Waals surface area contributed by atoms with E-state index in [9.17, 15) is 9.59 Å². The Morgan fingerprint density at radius 2 is 1.82 bits per heavy atom. The van der Waals surface area contributed by atoms with Crippen molar-refractivity contribution < 1.29 is 23.8 Å². The maximum absolute atomic E-state index is 12.8. The van der Waals surface area contributed by atoms with E-state index in [0.717, 1.165) is 6.42 Å². The fourth-order valence-corrected chi connectivity index (χ4v) is 3.47. The van der Waals surface area contributed by atoms with Crippen molar-refractivity contribution in [3.05, 3.63) is 40.9 Å². The number of methoxy groups -OCH3 is 3. The summed E-state index contributed by atoms with van der Waals surface area (Å²) in [7, 11) is 4.43. The van der Waals surface area contributed by atoms with Crippen LogP contribution in [-0.4, -0.2) is 39.7 Å². The van der Waals surface area contributed by atoms with Gasteiger partial charge in [-0.3, -0.25) is 9.59 Å². The van der Waals surface area contributed by atoms with Crippen LogP contribution in [0.2, 0.25) is 5.02 Å².